The van der Waals surface area contributed by atoms with E-state index >= 15 is 0 Å². The van der Waals surface area contributed by atoms with Gasteiger partial charge in [0.2, 0.25) is 0 Å². The first-order valence-electron chi connectivity index (χ1n) is 6.44. The van der Waals surface area contributed by atoms with Crippen molar-refractivity contribution in [1.82, 2.24) is 5.32 Å². The summed E-state index contributed by atoms with van der Waals surface area (Å²) >= 11 is 5.69. The number of rotatable bonds is 5. The van der Waals surface area contributed by atoms with Gasteiger partial charge in [0.1, 0.15) is 10.8 Å². The summed E-state index contributed by atoms with van der Waals surface area (Å²) in [6.07, 6.45) is 0.458. The van der Waals surface area contributed by atoms with Gasteiger partial charge in [-0.15, -0.1) is 0 Å². The number of amides is 1. The minimum Gasteiger partial charge on any atom is -0.352 e. The summed E-state index contributed by atoms with van der Waals surface area (Å²) in [7, 11) is 0. The normalized spacial score (nSPS) is 10.3. The zero-order chi connectivity index (χ0) is 16.1. The Kier molecular flexibility index (Phi) is 5.06. The average Bonchev–Trinajstić information content (AvgIpc) is 2.47. The van der Waals surface area contributed by atoms with Gasteiger partial charge in [-0.05, 0) is 36.2 Å². The Bertz CT molecular complexity index is 722. The molecular weight excluding hydrogens is 311 g/mol. The van der Waals surface area contributed by atoms with Crippen molar-refractivity contribution < 1.29 is 14.1 Å². The number of hydrogen-bond acceptors (Lipinski definition) is 3. The lowest BCUT2D eigenvalue weighted by Crippen LogP contribution is -2.25. The van der Waals surface area contributed by atoms with E-state index in [-0.39, 0.29) is 22.1 Å². The second-order valence-corrected chi connectivity index (χ2v) is 4.97. The molecule has 2 aromatic rings. The van der Waals surface area contributed by atoms with Crippen LogP contribution in [0.5, 0.6) is 0 Å². The van der Waals surface area contributed by atoms with Crippen molar-refractivity contribution in [3.8, 4) is 0 Å². The Morgan fingerprint density at radius 2 is 2.05 bits per heavy atom. The molecule has 0 spiro atoms. The highest BCUT2D eigenvalue weighted by Crippen LogP contribution is 2.24. The van der Waals surface area contributed by atoms with Gasteiger partial charge in [-0.25, -0.2) is 4.39 Å². The molecule has 2 aromatic carbocycles. The third-order valence-electron chi connectivity index (χ3n) is 2.99. The highest BCUT2D eigenvalue weighted by molar-refractivity contribution is 6.32. The molecule has 0 saturated heterocycles. The summed E-state index contributed by atoms with van der Waals surface area (Å²) in [5, 5.41) is 13.4. The molecule has 0 aliphatic heterocycles. The Morgan fingerprint density at radius 3 is 2.73 bits per heavy atom. The number of nitrogens with one attached hydrogen (secondary N) is 1. The Morgan fingerprint density at radius 1 is 1.27 bits per heavy atom. The number of carbonyl (C=O) groups excluding carboxylic acids is 1. The molecule has 7 heteroatoms. The molecule has 0 aliphatic carbocycles. The smallest absolute Gasteiger partial charge is 0.288 e. The van der Waals surface area contributed by atoms with Crippen LogP contribution in [0.15, 0.2) is 42.5 Å². The van der Waals surface area contributed by atoms with E-state index in [0.717, 1.165) is 11.6 Å². The fourth-order valence-electron chi connectivity index (χ4n) is 1.91. The Hall–Kier alpha value is -2.47. The van der Waals surface area contributed by atoms with E-state index in [9.17, 15) is 19.3 Å². The summed E-state index contributed by atoms with van der Waals surface area (Å²) in [6.45, 7) is 0.290. The number of nitro benzene ring substituents is 1. The van der Waals surface area contributed by atoms with Gasteiger partial charge in [0.15, 0.2) is 0 Å². The Balaban J connectivity index is 1.98. The van der Waals surface area contributed by atoms with Crippen molar-refractivity contribution in [3.05, 3.63) is 74.5 Å². The van der Waals surface area contributed by atoms with Gasteiger partial charge in [-0.3, -0.25) is 14.9 Å². The molecule has 2 rings (SSSR count). The minimum atomic E-state index is -0.647. The van der Waals surface area contributed by atoms with Crippen LogP contribution < -0.4 is 5.32 Å². The van der Waals surface area contributed by atoms with Crippen LogP contribution in [0.25, 0.3) is 0 Å². The van der Waals surface area contributed by atoms with E-state index in [0.29, 0.717) is 13.0 Å². The lowest BCUT2D eigenvalue weighted by molar-refractivity contribution is -0.384. The molecule has 22 heavy (non-hydrogen) atoms. The number of hydrogen-bond donors (Lipinski definition) is 1. The fraction of sp³-hybridized carbons (Fsp3) is 0.133. The number of halogens is 2. The third kappa shape index (κ3) is 4.02. The Labute approximate surface area is 130 Å². The average molecular weight is 323 g/mol. The number of nitrogens with zero attached hydrogens (tertiary/aromatic N) is 1. The van der Waals surface area contributed by atoms with Crippen LogP contribution in [0.3, 0.4) is 0 Å². The van der Waals surface area contributed by atoms with Crippen molar-refractivity contribution >= 4 is 23.2 Å². The van der Waals surface area contributed by atoms with Gasteiger partial charge in [-0.1, -0.05) is 23.7 Å². The predicted octanol–water partition coefficient (Wildman–Crippen LogP) is 3.36. The van der Waals surface area contributed by atoms with Crippen molar-refractivity contribution in [3.63, 3.8) is 0 Å². The SMILES string of the molecule is O=C(NCCc1cccc(F)c1)c1ccc(Cl)c([N+](=O)[O-])c1. The van der Waals surface area contributed by atoms with Gasteiger partial charge >= 0.3 is 0 Å². The zero-order valence-electron chi connectivity index (χ0n) is 11.4. The first-order valence-corrected chi connectivity index (χ1v) is 6.82. The molecule has 0 saturated carbocycles. The molecule has 0 radical (unpaired) electrons. The van der Waals surface area contributed by atoms with Crippen LogP contribution in [-0.2, 0) is 6.42 Å². The lowest BCUT2D eigenvalue weighted by Gasteiger charge is -2.06. The maximum atomic E-state index is 13.0. The summed E-state index contributed by atoms with van der Waals surface area (Å²) in [5.41, 5.74) is 0.581. The first kappa shape index (κ1) is 15.9. The van der Waals surface area contributed by atoms with Crippen LogP contribution in [0.4, 0.5) is 10.1 Å². The van der Waals surface area contributed by atoms with Gasteiger partial charge in [0, 0.05) is 18.2 Å². The van der Waals surface area contributed by atoms with Crippen molar-refractivity contribution in [2.45, 2.75) is 6.42 Å². The highest BCUT2D eigenvalue weighted by atomic mass is 35.5. The van der Waals surface area contributed by atoms with Crippen LogP contribution in [0, 0.1) is 15.9 Å². The van der Waals surface area contributed by atoms with Crippen molar-refractivity contribution in [2.24, 2.45) is 0 Å². The summed E-state index contributed by atoms with van der Waals surface area (Å²) < 4.78 is 13.0. The molecule has 5 nitrogen and oxygen atoms in total. The summed E-state index contributed by atoms with van der Waals surface area (Å²) in [4.78, 5) is 22.1. The van der Waals surface area contributed by atoms with Crippen LogP contribution in [0.2, 0.25) is 5.02 Å². The fourth-order valence-corrected chi connectivity index (χ4v) is 2.10. The molecule has 0 aromatic heterocycles. The molecule has 0 atom stereocenters. The van der Waals surface area contributed by atoms with E-state index in [2.05, 4.69) is 5.32 Å². The molecular formula is C15H12ClFN2O3. The van der Waals surface area contributed by atoms with E-state index in [1.54, 1.807) is 12.1 Å². The maximum absolute atomic E-state index is 13.0. The molecule has 1 N–H and O–H groups in total. The molecule has 0 heterocycles. The molecule has 0 bridgehead atoms. The van der Waals surface area contributed by atoms with Crippen LogP contribution in [0.1, 0.15) is 15.9 Å². The van der Waals surface area contributed by atoms with Crippen molar-refractivity contribution in [2.75, 3.05) is 6.54 Å². The zero-order valence-corrected chi connectivity index (χ0v) is 12.1. The van der Waals surface area contributed by atoms with Gasteiger partial charge in [0.05, 0.1) is 4.92 Å². The van der Waals surface area contributed by atoms with Gasteiger partial charge < -0.3 is 5.32 Å². The van der Waals surface area contributed by atoms with Crippen molar-refractivity contribution in [1.29, 1.82) is 0 Å². The quantitative estimate of drug-likeness (QED) is 0.677. The van der Waals surface area contributed by atoms with Crippen LogP contribution in [-0.4, -0.2) is 17.4 Å². The molecule has 0 aliphatic rings. The largest absolute Gasteiger partial charge is 0.352 e. The first-order chi connectivity index (χ1) is 10.5. The lowest BCUT2D eigenvalue weighted by atomic mass is 10.1. The second kappa shape index (κ2) is 7.00. The second-order valence-electron chi connectivity index (χ2n) is 4.56. The molecule has 0 unspecified atom stereocenters. The van der Waals surface area contributed by atoms with Crippen LogP contribution >= 0.6 is 11.6 Å². The molecule has 0 fully saturated rings. The third-order valence-corrected chi connectivity index (χ3v) is 3.31. The number of nitro groups is 1. The molecule has 114 valence electrons. The van der Waals surface area contributed by atoms with E-state index in [4.69, 9.17) is 11.6 Å². The summed E-state index contributed by atoms with van der Waals surface area (Å²) in [6, 6.07) is 9.92. The molecule has 1 amide bonds. The van der Waals surface area contributed by atoms with E-state index in [1.807, 2.05) is 0 Å². The minimum absolute atomic E-state index is 0.0266. The maximum Gasteiger partial charge on any atom is 0.288 e. The van der Waals surface area contributed by atoms with E-state index < -0.39 is 10.8 Å². The van der Waals surface area contributed by atoms with Gasteiger partial charge in [0.25, 0.3) is 11.6 Å². The summed E-state index contributed by atoms with van der Waals surface area (Å²) in [5.74, 6) is -0.784. The highest BCUT2D eigenvalue weighted by Gasteiger charge is 2.15. The van der Waals surface area contributed by atoms with Gasteiger partial charge in [-0.2, -0.15) is 0 Å². The predicted molar refractivity (Wildman–Crippen MR) is 80.5 cm³/mol. The standard InChI is InChI=1S/C15H12ClFN2O3/c16-13-5-4-11(9-14(13)19(21)22)15(20)18-7-6-10-2-1-3-12(17)8-10/h1-5,8-9H,6-7H2,(H,18,20). The topological polar surface area (TPSA) is 72.2 Å². The van der Waals surface area contributed by atoms with E-state index in [1.165, 1.54) is 24.3 Å². The number of benzene rings is 2. The monoisotopic (exact) mass is 322 g/mol. The number of carbonyl (C=O) groups is 1.